The number of ether oxygens (including phenoxy) is 3. The Morgan fingerprint density at radius 1 is 1.08 bits per heavy atom. The molecule has 1 aliphatic carbocycles. The summed E-state index contributed by atoms with van der Waals surface area (Å²) in [6.45, 7) is 7.49. The number of carbonyl (C=O) groups excluding carboxylic acids is 1. The van der Waals surface area contributed by atoms with Crippen molar-refractivity contribution in [3.8, 4) is 17.2 Å². The lowest BCUT2D eigenvalue weighted by Gasteiger charge is -2.52. The molecule has 0 bridgehead atoms. The fraction of sp³-hybridized carbons (Fsp3) is 0.517. The van der Waals surface area contributed by atoms with E-state index in [1.54, 1.807) is 43.5 Å². The number of aromatic nitrogens is 2. The number of hydrogen-bond donors (Lipinski definition) is 2. The summed E-state index contributed by atoms with van der Waals surface area (Å²) in [6.07, 6.45) is 6.44. The van der Waals surface area contributed by atoms with Gasteiger partial charge in [0.25, 0.3) is 0 Å². The lowest BCUT2D eigenvalue weighted by Crippen LogP contribution is -2.62. The molecule has 2 aromatic rings. The third-order valence-electron chi connectivity index (χ3n) is 7.25. The number of hydrogen-bond acceptors (Lipinski definition) is 6. The van der Waals surface area contributed by atoms with Crippen molar-refractivity contribution in [1.82, 2.24) is 15.1 Å². The van der Waals surface area contributed by atoms with Crippen molar-refractivity contribution in [2.24, 2.45) is 10.8 Å². The van der Waals surface area contributed by atoms with Gasteiger partial charge >= 0.3 is 11.8 Å². The zero-order valence-electron chi connectivity index (χ0n) is 23.3. The van der Waals surface area contributed by atoms with E-state index < -0.39 is 34.3 Å². The number of benzene rings is 1. The third-order valence-corrected chi connectivity index (χ3v) is 7.25. The van der Waals surface area contributed by atoms with Crippen molar-refractivity contribution in [2.45, 2.75) is 71.1 Å². The Morgan fingerprint density at radius 3 is 2.38 bits per heavy atom. The number of H-pyrrole nitrogens is 1. The molecule has 212 valence electrons. The number of alkyl halides is 2. The minimum atomic E-state index is -4.00. The van der Waals surface area contributed by atoms with Crippen LogP contribution in [0.1, 0.15) is 64.4 Å². The molecule has 4 rings (SSSR count). The number of nitrogens with one attached hydrogen (secondary N) is 1. The van der Waals surface area contributed by atoms with Crippen LogP contribution < -0.4 is 14.2 Å². The van der Waals surface area contributed by atoms with Crippen LogP contribution in [0.15, 0.2) is 48.7 Å². The van der Waals surface area contributed by atoms with Gasteiger partial charge in [0.2, 0.25) is 0 Å². The highest BCUT2D eigenvalue weighted by Gasteiger charge is 2.64. The Bertz CT molecular complexity index is 1250. The van der Waals surface area contributed by atoms with Crippen molar-refractivity contribution in [3.05, 3.63) is 60.1 Å². The van der Waals surface area contributed by atoms with E-state index in [0.717, 1.165) is 4.90 Å². The van der Waals surface area contributed by atoms with Crippen molar-refractivity contribution in [1.29, 1.82) is 0 Å². The van der Waals surface area contributed by atoms with Crippen LogP contribution in [0.25, 0.3) is 0 Å². The molecule has 1 amide bonds. The van der Waals surface area contributed by atoms with Crippen molar-refractivity contribution in [2.75, 3.05) is 14.2 Å². The van der Waals surface area contributed by atoms with E-state index in [2.05, 4.69) is 10.2 Å². The van der Waals surface area contributed by atoms with E-state index in [4.69, 9.17) is 14.2 Å². The Labute approximate surface area is 227 Å². The number of aliphatic hydroxyl groups is 1. The number of amides is 1. The average molecular weight is 546 g/mol. The van der Waals surface area contributed by atoms with Crippen LogP contribution in [0.3, 0.4) is 0 Å². The average Bonchev–Trinajstić information content (AvgIpc) is 3.33. The molecule has 1 saturated carbocycles. The Morgan fingerprint density at radius 2 is 1.74 bits per heavy atom. The van der Waals surface area contributed by atoms with Gasteiger partial charge in [-0.15, -0.1) is 0 Å². The zero-order chi connectivity index (χ0) is 28.6. The van der Waals surface area contributed by atoms with Gasteiger partial charge in [-0.2, -0.15) is 13.9 Å². The summed E-state index contributed by atoms with van der Waals surface area (Å²) in [7, 11) is 3.07. The predicted molar refractivity (Wildman–Crippen MR) is 142 cm³/mol. The summed E-state index contributed by atoms with van der Waals surface area (Å²) >= 11 is 0. The number of nitrogens with zero attached hydrogens (tertiary/aromatic N) is 2. The SMILES string of the molecule is COc1ccc(OCc2cc([C@@H]3C=CC=CN3C(=O)C(F)(F)C3(O)CC(C)(C)CC(C)(C)C3)[nH]n2)cc1OC. The van der Waals surface area contributed by atoms with Gasteiger partial charge in [-0.1, -0.05) is 39.8 Å². The second-order valence-corrected chi connectivity index (χ2v) is 12.0. The van der Waals surface area contributed by atoms with E-state index in [9.17, 15) is 9.90 Å². The first-order valence-corrected chi connectivity index (χ1v) is 12.9. The quantitative estimate of drug-likeness (QED) is 0.451. The fourth-order valence-electron chi connectivity index (χ4n) is 6.26. The van der Waals surface area contributed by atoms with E-state index in [0.29, 0.717) is 35.1 Å². The van der Waals surface area contributed by atoms with Crippen LogP contribution in [0.4, 0.5) is 8.78 Å². The monoisotopic (exact) mass is 545 g/mol. The van der Waals surface area contributed by atoms with Crippen LogP contribution in [-0.2, 0) is 11.4 Å². The maximum Gasteiger partial charge on any atom is 0.352 e. The maximum atomic E-state index is 15.9. The van der Waals surface area contributed by atoms with Gasteiger partial charge in [0.15, 0.2) is 11.5 Å². The molecular weight excluding hydrogens is 508 g/mol. The summed E-state index contributed by atoms with van der Waals surface area (Å²) in [6, 6.07) is 5.93. The second kappa shape index (κ2) is 10.3. The molecule has 0 spiro atoms. The van der Waals surface area contributed by atoms with Crippen molar-refractivity contribution >= 4 is 5.91 Å². The molecule has 8 nitrogen and oxygen atoms in total. The van der Waals surface area contributed by atoms with Crippen LogP contribution in [-0.4, -0.2) is 51.9 Å². The number of aromatic amines is 1. The highest BCUT2D eigenvalue weighted by atomic mass is 19.3. The van der Waals surface area contributed by atoms with Crippen LogP contribution in [0.2, 0.25) is 0 Å². The molecule has 2 heterocycles. The highest BCUT2D eigenvalue weighted by molar-refractivity contribution is 5.86. The summed E-state index contributed by atoms with van der Waals surface area (Å²) in [5.41, 5.74) is -2.63. The Balaban J connectivity index is 1.52. The van der Waals surface area contributed by atoms with Gasteiger partial charge in [-0.05, 0) is 54.4 Å². The number of rotatable bonds is 8. The molecule has 39 heavy (non-hydrogen) atoms. The van der Waals surface area contributed by atoms with E-state index in [1.165, 1.54) is 19.4 Å². The number of methoxy groups -OCH3 is 2. The first-order valence-electron chi connectivity index (χ1n) is 12.9. The van der Waals surface area contributed by atoms with Crippen molar-refractivity contribution < 1.29 is 32.9 Å². The third kappa shape index (κ3) is 5.80. The molecule has 0 radical (unpaired) electrons. The van der Waals surface area contributed by atoms with E-state index >= 15 is 8.78 Å². The Hall–Kier alpha value is -3.40. The van der Waals surface area contributed by atoms with E-state index in [-0.39, 0.29) is 19.4 Å². The van der Waals surface area contributed by atoms with Crippen LogP contribution in [0.5, 0.6) is 17.2 Å². The number of allylic oxidation sites excluding steroid dienone is 2. The minimum absolute atomic E-state index is 0.0896. The number of halogens is 2. The molecule has 1 aromatic heterocycles. The number of carbonyl (C=O) groups is 1. The largest absolute Gasteiger partial charge is 0.493 e. The smallest absolute Gasteiger partial charge is 0.352 e. The normalized spacial score (nSPS) is 21.5. The maximum absolute atomic E-state index is 15.9. The lowest BCUT2D eigenvalue weighted by atomic mass is 9.58. The van der Waals surface area contributed by atoms with Gasteiger partial charge in [-0.25, -0.2) is 0 Å². The fourth-order valence-corrected chi connectivity index (χ4v) is 6.26. The van der Waals surface area contributed by atoms with Gasteiger partial charge in [-0.3, -0.25) is 9.89 Å². The molecule has 1 aromatic carbocycles. The molecule has 1 fully saturated rings. The first kappa shape index (κ1) is 28.6. The molecule has 1 atom stereocenters. The van der Waals surface area contributed by atoms with Crippen LogP contribution >= 0.6 is 0 Å². The van der Waals surface area contributed by atoms with Gasteiger partial charge in [0.05, 0.1) is 31.6 Å². The molecule has 0 saturated heterocycles. The summed E-state index contributed by atoms with van der Waals surface area (Å²) in [5.74, 6) is -3.86. The summed E-state index contributed by atoms with van der Waals surface area (Å²) < 4.78 is 48.2. The van der Waals surface area contributed by atoms with Gasteiger partial charge in [0.1, 0.15) is 18.0 Å². The highest BCUT2D eigenvalue weighted by Crippen LogP contribution is 2.55. The molecule has 0 unspecified atom stereocenters. The van der Waals surface area contributed by atoms with E-state index in [1.807, 2.05) is 27.7 Å². The molecule has 1 aliphatic heterocycles. The topological polar surface area (TPSA) is 96.9 Å². The standard InChI is InChI=1S/C29H37F2N3O5/c1-26(2)16-27(3,4)18-28(36,17-26)29(30,31)25(35)34-12-8-7-9-22(34)21-13-19(32-33-21)15-39-20-10-11-23(37-5)24(14-20)38-6/h7-14,22,36H,15-18H2,1-6H3,(H,32,33)/t22-/m0/s1. The minimum Gasteiger partial charge on any atom is -0.493 e. The first-order chi connectivity index (χ1) is 18.2. The van der Waals surface area contributed by atoms with Crippen molar-refractivity contribution in [3.63, 3.8) is 0 Å². The second-order valence-electron chi connectivity index (χ2n) is 12.0. The Kier molecular flexibility index (Phi) is 7.55. The molecular formula is C29H37F2N3O5. The zero-order valence-corrected chi connectivity index (χ0v) is 23.3. The molecule has 2 aliphatic rings. The lowest BCUT2D eigenvalue weighted by molar-refractivity contribution is -0.230. The van der Waals surface area contributed by atoms with Crippen LogP contribution in [0, 0.1) is 10.8 Å². The molecule has 2 N–H and O–H groups in total. The molecule has 10 heteroatoms. The van der Waals surface area contributed by atoms with Gasteiger partial charge in [0, 0.05) is 12.3 Å². The summed E-state index contributed by atoms with van der Waals surface area (Å²) in [4.78, 5) is 14.4. The predicted octanol–water partition coefficient (Wildman–Crippen LogP) is 5.56. The summed E-state index contributed by atoms with van der Waals surface area (Å²) in [5, 5.41) is 18.4. The van der Waals surface area contributed by atoms with Gasteiger partial charge < -0.3 is 24.2 Å².